The molecule has 0 unspecified atom stereocenters. The minimum Gasteiger partial charge on any atom is -0.466 e. The molecule has 1 aromatic carbocycles. The zero-order valence-corrected chi connectivity index (χ0v) is 18.0. The molecule has 1 N–H and O–H groups in total. The number of nitrogens with one attached hydrogen (secondary N) is 1. The summed E-state index contributed by atoms with van der Waals surface area (Å²) in [6, 6.07) is 13.0. The van der Waals surface area contributed by atoms with Crippen molar-refractivity contribution < 1.29 is 14.0 Å². The van der Waals surface area contributed by atoms with E-state index in [-0.39, 0.29) is 11.8 Å². The van der Waals surface area contributed by atoms with Crippen LogP contribution in [0.3, 0.4) is 0 Å². The highest BCUT2D eigenvalue weighted by molar-refractivity contribution is 6.04. The van der Waals surface area contributed by atoms with Crippen LogP contribution in [0, 0.1) is 20.8 Å². The molecule has 0 saturated carbocycles. The van der Waals surface area contributed by atoms with Gasteiger partial charge in [0.05, 0.1) is 17.4 Å². The molecule has 31 heavy (non-hydrogen) atoms. The number of carbonyl (C=O) groups is 2. The minimum absolute atomic E-state index is 0.0103. The van der Waals surface area contributed by atoms with Gasteiger partial charge in [0.2, 0.25) is 0 Å². The lowest BCUT2D eigenvalue weighted by molar-refractivity contribution is 0.0744. The number of carbonyl (C=O) groups excluding carboxylic acids is 2. The highest BCUT2D eigenvalue weighted by Crippen LogP contribution is 2.20. The van der Waals surface area contributed by atoms with Crippen molar-refractivity contribution in [3.8, 4) is 0 Å². The quantitative estimate of drug-likeness (QED) is 0.697. The first kappa shape index (κ1) is 20.7. The number of nitrogens with zero attached hydrogens (tertiary/aromatic N) is 3. The van der Waals surface area contributed by atoms with Crippen LogP contribution in [0.1, 0.15) is 37.8 Å². The van der Waals surface area contributed by atoms with Gasteiger partial charge in [0.25, 0.3) is 11.8 Å². The van der Waals surface area contributed by atoms with E-state index >= 15 is 0 Å². The second kappa shape index (κ2) is 8.63. The van der Waals surface area contributed by atoms with Gasteiger partial charge >= 0.3 is 0 Å². The van der Waals surface area contributed by atoms with Gasteiger partial charge < -0.3 is 19.5 Å². The Bertz CT molecular complexity index is 1080. The molecule has 0 atom stereocenters. The molecule has 3 aromatic rings. The normalized spacial score (nSPS) is 13.9. The summed E-state index contributed by atoms with van der Waals surface area (Å²) in [6.07, 6.45) is 1.66. The van der Waals surface area contributed by atoms with Crippen molar-refractivity contribution >= 4 is 23.3 Å². The van der Waals surface area contributed by atoms with Gasteiger partial charge in [-0.2, -0.15) is 0 Å². The number of piperazine rings is 1. The smallest absolute Gasteiger partial charge is 0.257 e. The predicted octanol–water partition coefficient (Wildman–Crippen LogP) is 3.81. The summed E-state index contributed by atoms with van der Waals surface area (Å²) in [5, 5.41) is 2.87. The van der Waals surface area contributed by atoms with Crippen molar-refractivity contribution in [2.45, 2.75) is 20.8 Å². The summed E-state index contributed by atoms with van der Waals surface area (Å²) < 4.78 is 5.49. The highest BCUT2D eigenvalue weighted by atomic mass is 16.3. The largest absolute Gasteiger partial charge is 0.466 e. The Morgan fingerprint density at radius 3 is 2.26 bits per heavy atom. The second-order valence-electron chi connectivity index (χ2n) is 7.83. The van der Waals surface area contributed by atoms with E-state index in [2.05, 4.69) is 15.2 Å². The minimum atomic E-state index is -0.161. The number of amides is 2. The monoisotopic (exact) mass is 418 g/mol. The van der Waals surface area contributed by atoms with Crippen molar-refractivity contribution in [3.05, 3.63) is 76.9 Å². The summed E-state index contributed by atoms with van der Waals surface area (Å²) in [5.41, 5.74) is 3.00. The van der Waals surface area contributed by atoms with E-state index in [1.165, 1.54) is 0 Å². The fourth-order valence-corrected chi connectivity index (χ4v) is 3.71. The number of hydrogen-bond acceptors (Lipinski definition) is 5. The van der Waals surface area contributed by atoms with Crippen LogP contribution in [0.2, 0.25) is 0 Å². The molecule has 1 fully saturated rings. The van der Waals surface area contributed by atoms with Gasteiger partial charge in [0, 0.05) is 31.7 Å². The van der Waals surface area contributed by atoms with Gasteiger partial charge in [-0.3, -0.25) is 9.59 Å². The topological polar surface area (TPSA) is 78.7 Å². The molecular weight excluding hydrogens is 392 g/mol. The Balaban J connectivity index is 1.34. The maximum atomic E-state index is 12.8. The maximum absolute atomic E-state index is 12.8. The third-order valence-corrected chi connectivity index (χ3v) is 5.48. The lowest BCUT2D eigenvalue weighted by atomic mass is 10.1. The number of pyridine rings is 1. The molecule has 2 amide bonds. The average molecular weight is 418 g/mol. The lowest BCUT2D eigenvalue weighted by Gasteiger charge is -2.35. The molecule has 3 heterocycles. The van der Waals surface area contributed by atoms with Crippen LogP contribution in [0.4, 0.5) is 11.5 Å². The molecule has 0 aliphatic carbocycles. The van der Waals surface area contributed by atoms with Gasteiger partial charge in [-0.15, -0.1) is 0 Å². The molecule has 0 spiro atoms. The number of aromatic nitrogens is 1. The SMILES string of the molecule is Cc1ccc(C(=O)Nc2ccc(N3CCN(C(=O)c4cc(C)oc4C)CC3)nc2)cc1. The number of benzene rings is 1. The number of aryl methyl sites for hydroxylation is 3. The fraction of sp³-hybridized carbons (Fsp3) is 0.292. The molecule has 7 nitrogen and oxygen atoms in total. The fourth-order valence-electron chi connectivity index (χ4n) is 3.71. The summed E-state index contributed by atoms with van der Waals surface area (Å²) in [4.78, 5) is 33.6. The molecular formula is C24H26N4O3. The van der Waals surface area contributed by atoms with E-state index in [4.69, 9.17) is 4.42 Å². The Kier molecular flexibility index (Phi) is 5.75. The van der Waals surface area contributed by atoms with Crippen molar-refractivity contribution in [2.75, 3.05) is 36.4 Å². The van der Waals surface area contributed by atoms with E-state index in [0.717, 1.165) is 17.1 Å². The van der Waals surface area contributed by atoms with Crippen LogP contribution >= 0.6 is 0 Å². The van der Waals surface area contributed by atoms with Gasteiger partial charge in [-0.25, -0.2) is 4.98 Å². The third kappa shape index (κ3) is 4.60. The molecule has 0 radical (unpaired) electrons. The number of furan rings is 1. The number of anilines is 2. The van der Waals surface area contributed by atoms with E-state index in [9.17, 15) is 9.59 Å². The molecule has 1 aliphatic rings. The van der Waals surface area contributed by atoms with E-state index < -0.39 is 0 Å². The number of hydrogen-bond donors (Lipinski definition) is 1. The van der Waals surface area contributed by atoms with Crippen molar-refractivity contribution in [3.63, 3.8) is 0 Å². The van der Waals surface area contributed by atoms with Gasteiger partial charge in [-0.1, -0.05) is 17.7 Å². The summed E-state index contributed by atoms with van der Waals surface area (Å²) in [7, 11) is 0. The Labute approximate surface area is 181 Å². The van der Waals surface area contributed by atoms with Gasteiger partial charge in [-0.05, 0) is 51.1 Å². The Hall–Kier alpha value is -3.61. The molecule has 7 heteroatoms. The van der Waals surface area contributed by atoms with Crippen molar-refractivity contribution in [2.24, 2.45) is 0 Å². The molecule has 2 aromatic heterocycles. The van der Waals surface area contributed by atoms with Crippen LogP contribution in [0.25, 0.3) is 0 Å². The van der Waals surface area contributed by atoms with E-state index in [1.54, 1.807) is 24.4 Å². The average Bonchev–Trinajstić information content (AvgIpc) is 3.12. The first-order valence-corrected chi connectivity index (χ1v) is 10.4. The molecule has 4 rings (SSSR count). The van der Waals surface area contributed by atoms with Crippen molar-refractivity contribution in [1.82, 2.24) is 9.88 Å². The Morgan fingerprint density at radius 2 is 1.68 bits per heavy atom. The van der Waals surface area contributed by atoms with Crippen LogP contribution in [0.15, 0.2) is 53.1 Å². The van der Waals surface area contributed by atoms with Crippen molar-refractivity contribution in [1.29, 1.82) is 0 Å². The first-order valence-electron chi connectivity index (χ1n) is 10.4. The number of rotatable bonds is 4. The van der Waals surface area contributed by atoms with Gasteiger partial charge in [0.1, 0.15) is 17.3 Å². The summed E-state index contributed by atoms with van der Waals surface area (Å²) in [6.45, 7) is 8.29. The predicted molar refractivity (Wildman–Crippen MR) is 120 cm³/mol. The van der Waals surface area contributed by atoms with Crippen LogP contribution in [0.5, 0.6) is 0 Å². The molecule has 1 aliphatic heterocycles. The lowest BCUT2D eigenvalue weighted by Crippen LogP contribution is -2.49. The summed E-state index contributed by atoms with van der Waals surface area (Å²) >= 11 is 0. The standard InChI is InChI=1S/C24H26N4O3/c1-16-4-6-19(7-5-16)23(29)26-20-8-9-22(25-15-20)27-10-12-28(13-11-27)24(30)21-14-17(2)31-18(21)3/h4-9,14-15H,10-13H2,1-3H3,(H,26,29). The zero-order valence-electron chi connectivity index (χ0n) is 18.0. The van der Waals surface area contributed by atoms with Crippen LogP contribution in [-0.2, 0) is 0 Å². The van der Waals surface area contributed by atoms with E-state index in [0.29, 0.717) is 48.8 Å². The molecule has 0 bridgehead atoms. The summed E-state index contributed by atoms with van der Waals surface area (Å²) in [5.74, 6) is 2.09. The van der Waals surface area contributed by atoms with Crippen LogP contribution < -0.4 is 10.2 Å². The van der Waals surface area contributed by atoms with E-state index in [1.807, 2.05) is 49.9 Å². The first-order chi connectivity index (χ1) is 14.9. The van der Waals surface area contributed by atoms with Crippen LogP contribution in [-0.4, -0.2) is 47.9 Å². The van der Waals surface area contributed by atoms with Gasteiger partial charge in [0.15, 0.2) is 0 Å². The third-order valence-electron chi connectivity index (χ3n) is 5.48. The Morgan fingerprint density at radius 1 is 0.968 bits per heavy atom. The molecule has 1 saturated heterocycles. The maximum Gasteiger partial charge on any atom is 0.257 e. The second-order valence-corrected chi connectivity index (χ2v) is 7.83. The zero-order chi connectivity index (χ0) is 22.0. The highest BCUT2D eigenvalue weighted by Gasteiger charge is 2.25. The molecule has 160 valence electrons.